The van der Waals surface area contributed by atoms with E-state index in [1.165, 1.54) is 0 Å². The predicted molar refractivity (Wildman–Crippen MR) is 137 cm³/mol. The molecule has 0 aliphatic carbocycles. The summed E-state index contributed by atoms with van der Waals surface area (Å²) in [4.78, 5) is 29.3. The van der Waals surface area contributed by atoms with Crippen molar-refractivity contribution in [2.75, 3.05) is 19.7 Å². The second kappa shape index (κ2) is 12.7. The number of hydrogen-bond acceptors (Lipinski definition) is 3. The predicted octanol–water partition coefficient (Wildman–Crippen LogP) is 5.15. The van der Waals surface area contributed by atoms with Gasteiger partial charge in [-0.25, -0.2) is 0 Å². The minimum Gasteiger partial charge on any atom is -0.376 e. The zero-order valence-corrected chi connectivity index (χ0v) is 21.2. The summed E-state index contributed by atoms with van der Waals surface area (Å²) in [6.07, 6.45) is 4.24. The minimum atomic E-state index is -0.667. The van der Waals surface area contributed by atoms with Crippen molar-refractivity contribution in [1.82, 2.24) is 10.2 Å². The van der Waals surface area contributed by atoms with Gasteiger partial charge in [-0.1, -0.05) is 80.8 Å². The van der Waals surface area contributed by atoms with Crippen LogP contribution in [0.15, 0.2) is 48.5 Å². The third-order valence-electron chi connectivity index (χ3n) is 7.01. The molecule has 2 aromatic carbocycles. The first-order valence-electron chi connectivity index (χ1n) is 12.7. The molecule has 2 unspecified atom stereocenters. The highest BCUT2D eigenvalue weighted by atomic mass is 16.5. The molecule has 34 heavy (non-hydrogen) atoms. The average Bonchev–Trinajstić information content (AvgIpc) is 3.36. The Bertz CT molecular complexity index is 931. The number of aryl methyl sites for hydroxylation is 2. The number of benzene rings is 2. The van der Waals surface area contributed by atoms with Crippen LogP contribution in [0.4, 0.5) is 0 Å². The van der Waals surface area contributed by atoms with E-state index in [0.717, 1.165) is 54.5 Å². The second-order valence-corrected chi connectivity index (χ2v) is 9.53. The molecule has 1 aliphatic heterocycles. The summed E-state index contributed by atoms with van der Waals surface area (Å²) in [7, 11) is 0. The number of nitrogens with one attached hydrogen (secondary N) is 1. The van der Waals surface area contributed by atoms with Crippen LogP contribution in [0.2, 0.25) is 0 Å². The quantitative estimate of drug-likeness (QED) is 0.500. The second-order valence-electron chi connectivity index (χ2n) is 9.53. The number of hydrogen-bond donors (Lipinski definition) is 1. The molecule has 2 aromatic rings. The zero-order chi connectivity index (χ0) is 24.5. The lowest BCUT2D eigenvalue weighted by molar-refractivity contribution is -0.141. The highest BCUT2D eigenvalue weighted by molar-refractivity contribution is 5.89. The Morgan fingerprint density at radius 2 is 1.76 bits per heavy atom. The Morgan fingerprint density at radius 3 is 2.38 bits per heavy atom. The molecule has 0 spiro atoms. The normalized spacial score (nSPS) is 16.4. The lowest BCUT2D eigenvalue weighted by atomic mass is 9.96. The van der Waals surface area contributed by atoms with Gasteiger partial charge in [0, 0.05) is 19.7 Å². The Kier molecular flexibility index (Phi) is 9.70. The molecule has 2 amide bonds. The van der Waals surface area contributed by atoms with Gasteiger partial charge >= 0.3 is 0 Å². The maximum atomic E-state index is 13.8. The summed E-state index contributed by atoms with van der Waals surface area (Å²) in [5.41, 5.74) is 4.07. The van der Waals surface area contributed by atoms with Crippen LogP contribution in [-0.2, 0) is 20.7 Å². The highest BCUT2D eigenvalue weighted by Crippen LogP contribution is 2.26. The molecule has 1 aliphatic rings. The van der Waals surface area contributed by atoms with E-state index in [0.29, 0.717) is 19.0 Å². The molecule has 1 N–H and O–H groups in total. The lowest BCUT2D eigenvalue weighted by Gasteiger charge is -2.34. The Balaban J connectivity index is 1.93. The summed E-state index contributed by atoms with van der Waals surface area (Å²) >= 11 is 0. The molecule has 5 nitrogen and oxygen atoms in total. The van der Waals surface area contributed by atoms with Crippen LogP contribution < -0.4 is 5.32 Å². The fourth-order valence-corrected chi connectivity index (χ4v) is 4.59. The first kappa shape index (κ1) is 26.0. The molecule has 5 heteroatoms. The van der Waals surface area contributed by atoms with Crippen molar-refractivity contribution in [1.29, 1.82) is 0 Å². The van der Waals surface area contributed by atoms with Crippen molar-refractivity contribution in [3.63, 3.8) is 0 Å². The number of carbonyl (C=O) groups excluding carboxylic acids is 2. The lowest BCUT2D eigenvalue weighted by Crippen LogP contribution is -2.47. The average molecular weight is 465 g/mol. The largest absolute Gasteiger partial charge is 0.376 e. The molecule has 0 bridgehead atoms. The first-order chi connectivity index (χ1) is 16.4. The van der Waals surface area contributed by atoms with Crippen molar-refractivity contribution in [3.8, 4) is 0 Å². The Morgan fingerprint density at radius 1 is 1.06 bits per heavy atom. The van der Waals surface area contributed by atoms with Gasteiger partial charge in [0.05, 0.1) is 12.5 Å². The Hall–Kier alpha value is -2.66. The molecule has 2 atom stereocenters. The molecular formula is C29H40N2O3. The van der Waals surface area contributed by atoms with E-state index in [2.05, 4.69) is 19.2 Å². The molecule has 3 rings (SSSR count). The number of ether oxygens (including phenoxy) is 1. The molecule has 0 radical (unpaired) electrons. The van der Waals surface area contributed by atoms with Gasteiger partial charge in [-0.05, 0) is 49.3 Å². The van der Waals surface area contributed by atoms with Crippen LogP contribution in [-0.4, -0.2) is 42.5 Å². The van der Waals surface area contributed by atoms with Gasteiger partial charge in [0.15, 0.2) is 0 Å². The van der Waals surface area contributed by atoms with Crippen LogP contribution in [0.25, 0.3) is 0 Å². The fraction of sp³-hybridized carbons (Fsp3) is 0.517. The fourth-order valence-electron chi connectivity index (χ4n) is 4.59. The number of nitrogens with zero attached hydrogens (tertiary/aromatic N) is 1. The van der Waals surface area contributed by atoms with Gasteiger partial charge in [0.25, 0.3) is 0 Å². The number of carbonyl (C=O) groups is 2. The molecule has 0 saturated carbocycles. The van der Waals surface area contributed by atoms with Crippen molar-refractivity contribution in [3.05, 3.63) is 70.8 Å². The van der Waals surface area contributed by atoms with E-state index in [4.69, 9.17) is 4.74 Å². The van der Waals surface area contributed by atoms with Gasteiger partial charge in [-0.3, -0.25) is 9.59 Å². The van der Waals surface area contributed by atoms with E-state index in [-0.39, 0.29) is 24.3 Å². The maximum Gasteiger partial charge on any atom is 0.247 e. The zero-order valence-electron chi connectivity index (χ0n) is 21.2. The van der Waals surface area contributed by atoms with E-state index in [9.17, 15) is 9.59 Å². The summed E-state index contributed by atoms with van der Waals surface area (Å²) in [6, 6.07) is 15.3. The van der Waals surface area contributed by atoms with Crippen LogP contribution >= 0.6 is 0 Å². The maximum absolute atomic E-state index is 13.8. The van der Waals surface area contributed by atoms with E-state index in [1.807, 2.05) is 67.3 Å². The number of amides is 2. The van der Waals surface area contributed by atoms with Crippen LogP contribution in [0.1, 0.15) is 67.8 Å². The smallest absolute Gasteiger partial charge is 0.247 e. The summed E-state index contributed by atoms with van der Waals surface area (Å²) in [5.74, 6) is 0.183. The van der Waals surface area contributed by atoms with Gasteiger partial charge in [-0.2, -0.15) is 0 Å². The standard InChI is InChI=1S/C29H40N2O3/c1-5-23(6-2)20-31(27(32)18-25-11-8-7-10-22(25)4)28(24-15-13-21(3)14-16-24)29(33)30-19-26-12-9-17-34-26/h7-8,10-11,13-16,23,26,28H,5-6,9,12,17-20H2,1-4H3,(H,30,33). The third-order valence-corrected chi connectivity index (χ3v) is 7.01. The topological polar surface area (TPSA) is 58.6 Å². The third kappa shape index (κ3) is 6.92. The molecule has 1 saturated heterocycles. The van der Waals surface area contributed by atoms with Gasteiger partial charge < -0.3 is 15.0 Å². The SMILES string of the molecule is CCC(CC)CN(C(=O)Cc1ccccc1C)C(C(=O)NCC1CCCO1)c1ccc(C)cc1. The van der Waals surface area contributed by atoms with E-state index < -0.39 is 6.04 Å². The van der Waals surface area contributed by atoms with Gasteiger partial charge in [-0.15, -0.1) is 0 Å². The first-order valence-corrected chi connectivity index (χ1v) is 12.7. The molecule has 1 fully saturated rings. The summed E-state index contributed by atoms with van der Waals surface area (Å²) in [5, 5.41) is 3.10. The van der Waals surface area contributed by atoms with Crippen molar-refractivity contribution in [2.45, 2.75) is 71.9 Å². The summed E-state index contributed by atoms with van der Waals surface area (Å²) in [6.45, 7) is 10.1. The number of rotatable bonds is 11. The monoisotopic (exact) mass is 464 g/mol. The van der Waals surface area contributed by atoms with Crippen LogP contribution in [0.5, 0.6) is 0 Å². The van der Waals surface area contributed by atoms with Gasteiger partial charge in [0.1, 0.15) is 6.04 Å². The van der Waals surface area contributed by atoms with E-state index >= 15 is 0 Å². The van der Waals surface area contributed by atoms with Crippen molar-refractivity contribution in [2.24, 2.45) is 5.92 Å². The van der Waals surface area contributed by atoms with Crippen LogP contribution in [0.3, 0.4) is 0 Å². The van der Waals surface area contributed by atoms with E-state index in [1.54, 1.807) is 0 Å². The van der Waals surface area contributed by atoms with Crippen LogP contribution in [0, 0.1) is 19.8 Å². The molecule has 1 heterocycles. The minimum absolute atomic E-state index is 0.0148. The van der Waals surface area contributed by atoms with Crippen molar-refractivity contribution >= 4 is 11.8 Å². The van der Waals surface area contributed by atoms with Gasteiger partial charge in [0.2, 0.25) is 11.8 Å². The molecular weight excluding hydrogens is 424 g/mol. The van der Waals surface area contributed by atoms with Crippen molar-refractivity contribution < 1.29 is 14.3 Å². The molecule has 0 aromatic heterocycles. The highest BCUT2D eigenvalue weighted by Gasteiger charge is 2.33. The summed E-state index contributed by atoms with van der Waals surface area (Å²) < 4.78 is 5.71. The Labute approximate surface area is 204 Å². The molecule has 184 valence electrons.